The largest absolute Gasteiger partial charge is 0.394 e. The summed E-state index contributed by atoms with van der Waals surface area (Å²) in [6.45, 7) is 3.16. The molecule has 4 N–H and O–H groups in total. The van der Waals surface area contributed by atoms with Gasteiger partial charge in [-0.25, -0.2) is 0 Å². The summed E-state index contributed by atoms with van der Waals surface area (Å²) in [7, 11) is 0. The molecule has 1 heterocycles. The molecule has 2 unspecified atom stereocenters. The van der Waals surface area contributed by atoms with Crippen molar-refractivity contribution < 1.29 is 29.6 Å². The smallest absolute Gasteiger partial charge is 0.217 e. The van der Waals surface area contributed by atoms with Gasteiger partial charge in [-0.3, -0.25) is 4.79 Å². The molecule has 0 spiro atoms. The Bertz CT molecular complexity index is 274. The molecule has 7 heteroatoms. The standard InChI is InChI=1S/C11H21NO6/c1-3-4-17-11-8(12-6(2)14)10(16)9(15)7(5-13)18-11/h7-11,13,15-16H,3-5H2,1-2H3,(H,12,14)/t7?,8?,9-,10+,11+/m0/s1. The van der Waals surface area contributed by atoms with Crippen LogP contribution in [0.2, 0.25) is 0 Å². The maximum Gasteiger partial charge on any atom is 0.217 e. The fraction of sp³-hybridized carbons (Fsp3) is 0.909. The monoisotopic (exact) mass is 263 g/mol. The van der Waals surface area contributed by atoms with Gasteiger partial charge < -0.3 is 30.1 Å². The minimum Gasteiger partial charge on any atom is -0.394 e. The molecule has 7 nitrogen and oxygen atoms in total. The lowest BCUT2D eigenvalue weighted by atomic mass is 9.97. The molecule has 18 heavy (non-hydrogen) atoms. The summed E-state index contributed by atoms with van der Waals surface area (Å²) in [6, 6.07) is -0.855. The number of hydrogen-bond donors (Lipinski definition) is 4. The Labute approximate surface area is 106 Å². The molecule has 0 saturated carbocycles. The van der Waals surface area contributed by atoms with E-state index in [0.717, 1.165) is 6.42 Å². The molecule has 1 saturated heterocycles. The predicted octanol–water partition coefficient (Wildman–Crippen LogP) is -1.64. The number of amides is 1. The molecular weight excluding hydrogens is 242 g/mol. The maximum absolute atomic E-state index is 11.1. The van der Waals surface area contributed by atoms with Gasteiger partial charge in [0.25, 0.3) is 0 Å². The third-order valence-electron chi connectivity index (χ3n) is 2.74. The zero-order chi connectivity index (χ0) is 13.7. The van der Waals surface area contributed by atoms with E-state index in [0.29, 0.717) is 6.61 Å². The highest BCUT2D eigenvalue weighted by atomic mass is 16.7. The molecule has 1 rings (SSSR count). The zero-order valence-corrected chi connectivity index (χ0v) is 10.6. The zero-order valence-electron chi connectivity index (χ0n) is 10.6. The van der Waals surface area contributed by atoms with Gasteiger partial charge in [-0.2, -0.15) is 0 Å². The average Bonchev–Trinajstić information content (AvgIpc) is 2.33. The fourth-order valence-corrected chi connectivity index (χ4v) is 1.85. The predicted molar refractivity (Wildman–Crippen MR) is 61.6 cm³/mol. The molecule has 106 valence electrons. The fourth-order valence-electron chi connectivity index (χ4n) is 1.85. The van der Waals surface area contributed by atoms with Crippen LogP contribution < -0.4 is 5.32 Å². The van der Waals surface area contributed by atoms with Crippen LogP contribution in [0.1, 0.15) is 20.3 Å². The minimum atomic E-state index is -1.27. The van der Waals surface area contributed by atoms with E-state index < -0.39 is 37.3 Å². The van der Waals surface area contributed by atoms with E-state index in [4.69, 9.17) is 14.6 Å². The topological polar surface area (TPSA) is 108 Å². The van der Waals surface area contributed by atoms with Crippen molar-refractivity contribution in [1.29, 1.82) is 0 Å². The van der Waals surface area contributed by atoms with Crippen LogP contribution >= 0.6 is 0 Å². The first-order valence-corrected chi connectivity index (χ1v) is 6.02. The molecule has 1 aliphatic heterocycles. The van der Waals surface area contributed by atoms with Crippen molar-refractivity contribution in [3.8, 4) is 0 Å². The molecule has 0 bridgehead atoms. The molecule has 0 aromatic rings. The third kappa shape index (κ3) is 3.63. The molecule has 5 atom stereocenters. The van der Waals surface area contributed by atoms with Crippen LogP contribution in [0.15, 0.2) is 0 Å². The van der Waals surface area contributed by atoms with E-state index in [9.17, 15) is 15.0 Å². The Kier molecular flexibility index (Phi) is 5.97. The van der Waals surface area contributed by atoms with Crippen LogP contribution in [0.25, 0.3) is 0 Å². The SMILES string of the molecule is CCCO[C@@H]1OC(CO)[C@H](O)[C@H](O)C1NC(C)=O. The van der Waals surface area contributed by atoms with E-state index in [2.05, 4.69) is 5.32 Å². The number of carbonyl (C=O) groups is 1. The minimum absolute atomic E-state index is 0.359. The Hall–Kier alpha value is -0.730. The van der Waals surface area contributed by atoms with Crippen LogP contribution in [0.5, 0.6) is 0 Å². The second kappa shape index (κ2) is 7.01. The molecular formula is C11H21NO6. The molecule has 1 amide bonds. The van der Waals surface area contributed by atoms with E-state index >= 15 is 0 Å². The summed E-state index contributed by atoms with van der Waals surface area (Å²) in [4.78, 5) is 11.1. The van der Waals surface area contributed by atoms with Gasteiger partial charge in [0.2, 0.25) is 5.91 Å². The number of nitrogens with one attached hydrogen (secondary N) is 1. The van der Waals surface area contributed by atoms with Crippen molar-refractivity contribution in [3.63, 3.8) is 0 Å². The number of rotatable bonds is 5. The van der Waals surface area contributed by atoms with Gasteiger partial charge in [0.05, 0.1) is 6.61 Å². The lowest BCUT2D eigenvalue weighted by Gasteiger charge is -2.42. The van der Waals surface area contributed by atoms with Crippen molar-refractivity contribution in [2.24, 2.45) is 0 Å². The second-order valence-electron chi connectivity index (χ2n) is 4.30. The Morgan fingerprint density at radius 2 is 2.06 bits per heavy atom. The number of hydrogen-bond acceptors (Lipinski definition) is 6. The Balaban J connectivity index is 2.76. The number of aliphatic hydroxyl groups is 3. The highest BCUT2D eigenvalue weighted by molar-refractivity contribution is 5.73. The van der Waals surface area contributed by atoms with Crippen molar-refractivity contribution in [3.05, 3.63) is 0 Å². The quantitative estimate of drug-likeness (QED) is 0.473. The van der Waals surface area contributed by atoms with E-state index in [-0.39, 0.29) is 5.91 Å². The molecule has 0 aromatic carbocycles. The van der Waals surface area contributed by atoms with Crippen LogP contribution in [0, 0.1) is 0 Å². The van der Waals surface area contributed by atoms with Crippen LogP contribution in [0.4, 0.5) is 0 Å². The van der Waals surface area contributed by atoms with Gasteiger partial charge >= 0.3 is 0 Å². The maximum atomic E-state index is 11.1. The highest BCUT2D eigenvalue weighted by Gasteiger charge is 2.45. The van der Waals surface area contributed by atoms with E-state index in [1.54, 1.807) is 0 Å². The van der Waals surface area contributed by atoms with Crippen molar-refractivity contribution in [1.82, 2.24) is 5.32 Å². The Morgan fingerprint density at radius 3 is 2.56 bits per heavy atom. The van der Waals surface area contributed by atoms with Gasteiger partial charge in [0.15, 0.2) is 6.29 Å². The average molecular weight is 263 g/mol. The van der Waals surface area contributed by atoms with Crippen molar-refractivity contribution >= 4 is 5.91 Å². The first-order valence-electron chi connectivity index (χ1n) is 6.02. The molecule has 0 aromatic heterocycles. The van der Waals surface area contributed by atoms with E-state index in [1.165, 1.54) is 6.92 Å². The molecule has 1 fully saturated rings. The summed E-state index contributed by atoms with van der Waals surface area (Å²) in [6.07, 6.45) is -3.58. The van der Waals surface area contributed by atoms with Gasteiger partial charge in [0, 0.05) is 13.5 Å². The third-order valence-corrected chi connectivity index (χ3v) is 2.74. The highest BCUT2D eigenvalue weighted by Crippen LogP contribution is 2.22. The van der Waals surface area contributed by atoms with Crippen LogP contribution in [-0.4, -0.2) is 65.1 Å². The number of aliphatic hydroxyl groups excluding tert-OH is 3. The summed E-state index contributed by atoms with van der Waals surface area (Å²) >= 11 is 0. The first-order chi connectivity index (χ1) is 8.51. The van der Waals surface area contributed by atoms with Crippen molar-refractivity contribution in [2.75, 3.05) is 13.2 Å². The van der Waals surface area contributed by atoms with Gasteiger partial charge in [-0.1, -0.05) is 6.92 Å². The first kappa shape index (κ1) is 15.3. The van der Waals surface area contributed by atoms with Crippen molar-refractivity contribution in [2.45, 2.75) is 50.9 Å². The summed E-state index contributed by atoms with van der Waals surface area (Å²) < 4.78 is 10.7. The molecule has 0 aliphatic carbocycles. The van der Waals surface area contributed by atoms with Gasteiger partial charge in [0.1, 0.15) is 24.4 Å². The van der Waals surface area contributed by atoms with Crippen LogP contribution in [-0.2, 0) is 14.3 Å². The number of carbonyl (C=O) groups excluding carboxylic acids is 1. The summed E-state index contributed by atoms with van der Waals surface area (Å²) in [5.74, 6) is -0.359. The normalized spacial score (nSPS) is 36.4. The lowest BCUT2D eigenvalue weighted by Crippen LogP contribution is -2.64. The molecule has 0 radical (unpaired) electrons. The summed E-state index contributed by atoms with van der Waals surface area (Å²) in [5, 5.41) is 31.2. The second-order valence-corrected chi connectivity index (χ2v) is 4.30. The van der Waals surface area contributed by atoms with Gasteiger partial charge in [-0.15, -0.1) is 0 Å². The summed E-state index contributed by atoms with van der Waals surface area (Å²) in [5.41, 5.74) is 0. The number of ether oxygens (including phenoxy) is 2. The Morgan fingerprint density at radius 1 is 1.39 bits per heavy atom. The lowest BCUT2D eigenvalue weighted by molar-refractivity contribution is -0.270. The van der Waals surface area contributed by atoms with E-state index in [1.807, 2.05) is 6.92 Å². The molecule has 1 aliphatic rings. The van der Waals surface area contributed by atoms with Crippen LogP contribution in [0.3, 0.4) is 0 Å². The van der Waals surface area contributed by atoms with Gasteiger partial charge in [-0.05, 0) is 6.42 Å².